The molecule has 1 saturated carbocycles. The number of benzene rings is 1. The number of carbonyl (C=O) groups is 1. The fourth-order valence-corrected chi connectivity index (χ4v) is 1.67. The highest BCUT2D eigenvalue weighted by Gasteiger charge is 2.22. The lowest BCUT2D eigenvalue weighted by atomic mass is 10.3. The minimum atomic E-state index is -0.0877. The third-order valence-corrected chi connectivity index (χ3v) is 2.93. The van der Waals surface area contributed by atoms with E-state index in [0.29, 0.717) is 30.0 Å². The highest BCUT2D eigenvalue weighted by Crippen LogP contribution is 2.23. The first kappa shape index (κ1) is 13.0. The Morgan fingerprint density at radius 2 is 2.17 bits per heavy atom. The molecule has 0 atom stereocenters. The smallest absolute Gasteiger partial charge is 0.315 e. The maximum Gasteiger partial charge on any atom is 0.315 e. The van der Waals surface area contributed by atoms with Gasteiger partial charge in [0.15, 0.2) is 0 Å². The Labute approximate surface area is 112 Å². The van der Waals surface area contributed by atoms with Crippen molar-refractivity contribution in [3.8, 4) is 5.75 Å². The van der Waals surface area contributed by atoms with Crippen molar-refractivity contribution in [3.63, 3.8) is 0 Å². The predicted molar refractivity (Wildman–Crippen MR) is 71.1 cm³/mol. The first-order valence-electron chi connectivity index (χ1n) is 6.17. The van der Waals surface area contributed by atoms with Gasteiger partial charge in [0.25, 0.3) is 0 Å². The molecule has 2 amide bonds. The van der Waals surface area contributed by atoms with Crippen molar-refractivity contribution in [1.82, 2.24) is 10.6 Å². The molecule has 2 N–H and O–H groups in total. The second-order valence-electron chi connectivity index (χ2n) is 4.31. The highest BCUT2D eigenvalue weighted by molar-refractivity contribution is 6.32. The molecule has 0 unspecified atom stereocenters. The summed E-state index contributed by atoms with van der Waals surface area (Å²) in [4.78, 5) is 11.3. The van der Waals surface area contributed by atoms with E-state index in [2.05, 4.69) is 10.6 Å². The predicted octanol–water partition coefficient (Wildman–Crippen LogP) is 2.57. The van der Waals surface area contributed by atoms with Crippen molar-refractivity contribution in [2.75, 3.05) is 13.2 Å². The van der Waals surface area contributed by atoms with Gasteiger partial charge in [-0.2, -0.15) is 0 Å². The second-order valence-corrected chi connectivity index (χ2v) is 4.71. The molecule has 4 nitrogen and oxygen atoms in total. The van der Waals surface area contributed by atoms with Gasteiger partial charge in [-0.15, -0.1) is 0 Å². The number of rotatable bonds is 6. The van der Waals surface area contributed by atoms with Gasteiger partial charge in [0.2, 0.25) is 0 Å². The van der Waals surface area contributed by atoms with Crippen molar-refractivity contribution in [2.24, 2.45) is 0 Å². The SMILES string of the molecule is O=C(NCCCOc1ccccc1Cl)NC1CC1. The van der Waals surface area contributed by atoms with E-state index in [1.807, 2.05) is 18.2 Å². The third kappa shape index (κ3) is 4.45. The van der Waals surface area contributed by atoms with Gasteiger partial charge in [-0.05, 0) is 31.4 Å². The number of ether oxygens (including phenoxy) is 1. The van der Waals surface area contributed by atoms with E-state index in [1.165, 1.54) is 0 Å². The molecule has 1 aromatic rings. The third-order valence-electron chi connectivity index (χ3n) is 2.61. The average Bonchev–Trinajstić information content (AvgIpc) is 3.15. The number of hydrogen-bond donors (Lipinski definition) is 2. The lowest BCUT2D eigenvalue weighted by Gasteiger charge is -2.09. The largest absolute Gasteiger partial charge is 0.492 e. The first-order chi connectivity index (χ1) is 8.75. The molecule has 0 aliphatic heterocycles. The minimum Gasteiger partial charge on any atom is -0.492 e. The van der Waals surface area contributed by atoms with Crippen molar-refractivity contribution in [3.05, 3.63) is 29.3 Å². The van der Waals surface area contributed by atoms with Gasteiger partial charge in [0, 0.05) is 12.6 Å². The Kier molecular flexibility index (Phi) is 4.70. The number of amides is 2. The summed E-state index contributed by atoms with van der Waals surface area (Å²) in [5.41, 5.74) is 0. The molecule has 1 aliphatic carbocycles. The number of para-hydroxylation sites is 1. The molecule has 0 heterocycles. The summed E-state index contributed by atoms with van der Waals surface area (Å²) < 4.78 is 5.51. The second kappa shape index (κ2) is 6.50. The van der Waals surface area contributed by atoms with Gasteiger partial charge in [0.1, 0.15) is 5.75 Å². The summed E-state index contributed by atoms with van der Waals surface area (Å²) in [5.74, 6) is 0.682. The van der Waals surface area contributed by atoms with Crippen LogP contribution >= 0.6 is 11.6 Å². The zero-order valence-corrected chi connectivity index (χ0v) is 10.9. The van der Waals surface area contributed by atoms with Crippen LogP contribution in [0.15, 0.2) is 24.3 Å². The summed E-state index contributed by atoms with van der Waals surface area (Å²) >= 11 is 5.95. The molecular weight excluding hydrogens is 252 g/mol. The van der Waals surface area contributed by atoms with Crippen LogP contribution in [0.2, 0.25) is 5.02 Å². The van der Waals surface area contributed by atoms with Gasteiger partial charge in [-0.25, -0.2) is 4.79 Å². The first-order valence-corrected chi connectivity index (χ1v) is 6.55. The topological polar surface area (TPSA) is 50.4 Å². The molecule has 0 radical (unpaired) electrons. The zero-order valence-electron chi connectivity index (χ0n) is 10.1. The molecule has 18 heavy (non-hydrogen) atoms. The normalized spacial score (nSPS) is 14.1. The fourth-order valence-electron chi connectivity index (χ4n) is 1.48. The molecule has 0 bridgehead atoms. The van der Waals surface area contributed by atoms with E-state index < -0.39 is 0 Å². The molecule has 1 aliphatic rings. The quantitative estimate of drug-likeness (QED) is 0.779. The van der Waals surface area contributed by atoms with E-state index in [1.54, 1.807) is 6.07 Å². The van der Waals surface area contributed by atoms with E-state index in [9.17, 15) is 4.79 Å². The van der Waals surface area contributed by atoms with E-state index in [0.717, 1.165) is 19.3 Å². The number of halogens is 1. The van der Waals surface area contributed by atoms with Crippen LogP contribution in [0.1, 0.15) is 19.3 Å². The van der Waals surface area contributed by atoms with E-state index in [4.69, 9.17) is 16.3 Å². The Morgan fingerprint density at radius 3 is 2.89 bits per heavy atom. The number of hydrogen-bond acceptors (Lipinski definition) is 2. The molecule has 0 spiro atoms. The maximum absolute atomic E-state index is 11.3. The van der Waals surface area contributed by atoms with Crippen LogP contribution in [0, 0.1) is 0 Å². The molecular formula is C13H17ClN2O2. The van der Waals surface area contributed by atoms with Crippen LogP contribution in [0.25, 0.3) is 0 Å². The van der Waals surface area contributed by atoms with E-state index in [-0.39, 0.29) is 6.03 Å². The van der Waals surface area contributed by atoms with Gasteiger partial charge in [-0.3, -0.25) is 0 Å². The number of urea groups is 1. The Morgan fingerprint density at radius 1 is 1.39 bits per heavy atom. The minimum absolute atomic E-state index is 0.0877. The highest BCUT2D eigenvalue weighted by atomic mass is 35.5. The van der Waals surface area contributed by atoms with Crippen molar-refractivity contribution in [1.29, 1.82) is 0 Å². The summed E-state index contributed by atoms with van der Waals surface area (Å²) in [6, 6.07) is 7.66. The summed E-state index contributed by atoms with van der Waals surface area (Å²) in [7, 11) is 0. The van der Waals surface area contributed by atoms with Crippen LogP contribution in [0.3, 0.4) is 0 Å². The van der Waals surface area contributed by atoms with Crippen molar-refractivity contribution >= 4 is 17.6 Å². The molecule has 98 valence electrons. The lowest BCUT2D eigenvalue weighted by molar-refractivity contribution is 0.238. The monoisotopic (exact) mass is 268 g/mol. The summed E-state index contributed by atoms with van der Waals surface area (Å²) in [6.07, 6.45) is 2.95. The molecule has 1 fully saturated rings. The number of carbonyl (C=O) groups excluding carboxylic acids is 1. The van der Waals surface area contributed by atoms with Gasteiger partial charge >= 0.3 is 6.03 Å². The van der Waals surface area contributed by atoms with E-state index >= 15 is 0 Å². The summed E-state index contributed by atoms with van der Waals surface area (Å²) in [5, 5.41) is 6.26. The Bertz CT molecular complexity index is 408. The molecule has 0 saturated heterocycles. The number of nitrogens with one attached hydrogen (secondary N) is 2. The van der Waals surface area contributed by atoms with Crippen molar-refractivity contribution in [2.45, 2.75) is 25.3 Å². The standard InChI is InChI=1S/C13H17ClN2O2/c14-11-4-1-2-5-12(11)18-9-3-8-15-13(17)16-10-6-7-10/h1-2,4-5,10H,3,6-9H2,(H2,15,16,17). The van der Waals surface area contributed by atoms with Crippen LogP contribution in [0.4, 0.5) is 4.79 Å². The van der Waals surface area contributed by atoms with Crippen LogP contribution in [-0.4, -0.2) is 25.2 Å². The van der Waals surface area contributed by atoms with Crippen molar-refractivity contribution < 1.29 is 9.53 Å². The lowest BCUT2D eigenvalue weighted by Crippen LogP contribution is -2.37. The molecule has 2 rings (SSSR count). The molecule has 0 aromatic heterocycles. The Balaban J connectivity index is 1.55. The van der Waals surface area contributed by atoms with Crippen LogP contribution in [-0.2, 0) is 0 Å². The molecule has 5 heteroatoms. The van der Waals surface area contributed by atoms with Gasteiger partial charge in [-0.1, -0.05) is 23.7 Å². The van der Waals surface area contributed by atoms with Crippen LogP contribution in [0.5, 0.6) is 5.75 Å². The van der Waals surface area contributed by atoms with Gasteiger partial charge in [0.05, 0.1) is 11.6 Å². The fraction of sp³-hybridized carbons (Fsp3) is 0.462. The maximum atomic E-state index is 11.3. The average molecular weight is 269 g/mol. The summed E-state index contributed by atoms with van der Waals surface area (Å²) in [6.45, 7) is 1.14. The zero-order chi connectivity index (χ0) is 12.8. The Hall–Kier alpha value is -1.42. The van der Waals surface area contributed by atoms with Gasteiger partial charge < -0.3 is 15.4 Å². The molecule has 1 aromatic carbocycles. The van der Waals surface area contributed by atoms with Crippen LogP contribution < -0.4 is 15.4 Å².